The van der Waals surface area contributed by atoms with Crippen molar-refractivity contribution in [3.05, 3.63) is 70.9 Å². The van der Waals surface area contributed by atoms with E-state index < -0.39 is 10.0 Å². The maximum atomic E-state index is 13.3. The molecule has 1 fully saturated rings. The van der Waals surface area contributed by atoms with E-state index in [0.717, 1.165) is 5.56 Å². The number of likely N-dealkylation sites (tertiary alicyclic amines) is 1. The molecule has 2 aromatic carbocycles. The first-order valence-electron chi connectivity index (χ1n) is 10.5. The molecule has 1 aliphatic heterocycles. The van der Waals surface area contributed by atoms with E-state index in [2.05, 4.69) is 14.9 Å². The van der Waals surface area contributed by atoms with Crippen LogP contribution in [0.5, 0.6) is 0 Å². The summed E-state index contributed by atoms with van der Waals surface area (Å²) in [6, 6.07) is 12.0. The smallest absolute Gasteiger partial charge is 0.262 e. The standard InChI is InChI=1S/C23H26N4O4S/c1-15-8-9-16(2)21(14-15)32(29,30)26-20-7-5-4-6-19(20)23(28)27-12-10-18(11-13-27)22-24-17(3)25-31-22/h4-9,14,18,26H,10-13H2,1-3H3. The van der Waals surface area contributed by atoms with Gasteiger partial charge in [0, 0.05) is 19.0 Å². The highest BCUT2D eigenvalue weighted by atomic mass is 32.2. The Hall–Kier alpha value is -3.20. The molecule has 3 aromatic rings. The predicted octanol–water partition coefficient (Wildman–Crippen LogP) is 3.82. The number of hydrogen-bond acceptors (Lipinski definition) is 6. The van der Waals surface area contributed by atoms with E-state index in [4.69, 9.17) is 4.52 Å². The fourth-order valence-corrected chi connectivity index (χ4v) is 5.34. The quantitative estimate of drug-likeness (QED) is 0.628. The highest BCUT2D eigenvalue weighted by Crippen LogP contribution is 2.29. The zero-order valence-corrected chi connectivity index (χ0v) is 19.1. The Kier molecular flexibility index (Phi) is 6.01. The van der Waals surface area contributed by atoms with Gasteiger partial charge in [-0.05, 0) is 62.9 Å². The molecule has 0 spiro atoms. The molecule has 1 aliphatic rings. The number of piperidine rings is 1. The molecule has 0 saturated carbocycles. The Balaban J connectivity index is 1.52. The highest BCUT2D eigenvalue weighted by Gasteiger charge is 2.29. The first-order chi connectivity index (χ1) is 15.2. The molecule has 0 bridgehead atoms. The summed E-state index contributed by atoms with van der Waals surface area (Å²) in [5, 5.41) is 3.84. The van der Waals surface area contributed by atoms with Gasteiger partial charge in [0.1, 0.15) is 0 Å². The Morgan fingerprint density at radius 3 is 2.50 bits per heavy atom. The number of rotatable bonds is 5. The molecule has 0 atom stereocenters. The van der Waals surface area contributed by atoms with Crippen LogP contribution in [-0.2, 0) is 10.0 Å². The van der Waals surface area contributed by atoms with Crippen LogP contribution in [-0.4, -0.2) is 42.5 Å². The lowest BCUT2D eigenvalue weighted by Crippen LogP contribution is -2.38. The second-order valence-corrected chi connectivity index (χ2v) is 9.82. The second-order valence-electron chi connectivity index (χ2n) is 8.17. The fraction of sp³-hybridized carbons (Fsp3) is 0.348. The van der Waals surface area contributed by atoms with Gasteiger partial charge in [-0.3, -0.25) is 9.52 Å². The van der Waals surface area contributed by atoms with Gasteiger partial charge in [-0.1, -0.05) is 29.4 Å². The number of anilines is 1. The molecule has 4 rings (SSSR count). The summed E-state index contributed by atoms with van der Waals surface area (Å²) in [6.45, 7) is 6.43. The molecule has 0 radical (unpaired) electrons. The van der Waals surface area contributed by atoms with Gasteiger partial charge in [-0.15, -0.1) is 0 Å². The van der Waals surface area contributed by atoms with Crippen molar-refractivity contribution in [1.82, 2.24) is 15.0 Å². The monoisotopic (exact) mass is 454 g/mol. The Bertz CT molecular complexity index is 1240. The summed E-state index contributed by atoms with van der Waals surface area (Å²) >= 11 is 0. The van der Waals surface area contributed by atoms with E-state index in [1.807, 2.05) is 13.0 Å². The maximum Gasteiger partial charge on any atom is 0.262 e. The summed E-state index contributed by atoms with van der Waals surface area (Å²) in [6.07, 6.45) is 1.42. The lowest BCUT2D eigenvalue weighted by Gasteiger charge is -2.31. The van der Waals surface area contributed by atoms with Crippen molar-refractivity contribution in [3.8, 4) is 0 Å². The summed E-state index contributed by atoms with van der Waals surface area (Å²) in [5.74, 6) is 1.13. The van der Waals surface area contributed by atoms with Crippen LogP contribution in [0.2, 0.25) is 0 Å². The number of para-hydroxylation sites is 1. The van der Waals surface area contributed by atoms with Crippen molar-refractivity contribution < 1.29 is 17.7 Å². The zero-order chi connectivity index (χ0) is 22.9. The van der Waals surface area contributed by atoms with Gasteiger partial charge < -0.3 is 9.42 Å². The summed E-state index contributed by atoms with van der Waals surface area (Å²) < 4.78 is 34.0. The molecular formula is C23H26N4O4S. The van der Waals surface area contributed by atoms with Crippen LogP contribution < -0.4 is 4.72 Å². The number of aryl methyl sites for hydroxylation is 3. The van der Waals surface area contributed by atoms with E-state index in [0.29, 0.717) is 48.8 Å². The van der Waals surface area contributed by atoms with Crippen molar-refractivity contribution in [3.63, 3.8) is 0 Å². The third-order valence-corrected chi connectivity index (χ3v) is 7.22. The van der Waals surface area contributed by atoms with Gasteiger partial charge in [-0.2, -0.15) is 4.98 Å². The number of carbonyl (C=O) groups excluding carboxylic acids is 1. The lowest BCUT2D eigenvalue weighted by atomic mass is 9.96. The molecule has 9 heteroatoms. The maximum absolute atomic E-state index is 13.3. The molecule has 1 aromatic heterocycles. The minimum Gasteiger partial charge on any atom is -0.339 e. The number of carbonyl (C=O) groups is 1. The predicted molar refractivity (Wildman–Crippen MR) is 120 cm³/mol. The molecule has 1 amide bonds. The third-order valence-electron chi connectivity index (χ3n) is 5.71. The summed E-state index contributed by atoms with van der Waals surface area (Å²) in [4.78, 5) is 19.5. The number of nitrogens with one attached hydrogen (secondary N) is 1. The Morgan fingerprint density at radius 1 is 1.09 bits per heavy atom. The van der Waals surface area contributed by atoms with Crippen molar-refractivity contribution in [1.29, 1.82) is 0 Å². The van der Waals surface area contributed by atoms with Crippen molar-refractivity contribution >= 4 is 21.6 Å². The number of benzene rings is 2. The van der Waals surface area contributed by atoms with Gasteiger partial charge in [-0.25, -0.2) is 8.42 Å². The van der Waals surface area contributed by atoms with Gasteiger partial charge in [0.25, 0.3) is 15.9 Å². The normalized spacial score (nSPS) is 15.0. The van der Waals surface area contributed by atoms with E-state index in [-0.39, 0.29) is 22.4 Å². The molecule has 1 saturated heterocycles. The SMILES string of the molecule is Cc1ccc(C)c(S(=O)(=O)Nc2ccccc2C(=O)N2CCC(c3nc(C)no3)CC2)c1. The third kappa shape index (κ3) is 4.52. The van der Waals surface area contributed by atoms with Crippen LogP contribution in [0.4, 0.5) is 5.69 Å². The molecule has 0 aliphatic carbocycles. The highest BCUT2D eigenvalue weighted by molar-refractivity contribution is 7.92. The molecule has 0 unspecified atom stereocenters. The van der Waals surface area contributed by atoms with E-state index in [1.54, 1.807) is 55.1 Å². The lowest BCUT2D eigenvalue weighted by molar-refractivity contribution is 0.0705. The number of sulfonamides is 1. The van der Waals surface area contributed by atoms with Gasteiger partial charge >= 0.3 is 0 Å². The largest absolute Gasteiger partial charge is 0.339 e. The first-order valence-corrected chi connectivity index (χ1v) is 12.0. The van der Waals surface area contributed by atoms with Crippen LogP contribution in [0.3, 0.4) is 0 Å². The molecule has 168 valence electrons. The van der Waals surface area contributed by atoms with Crippen molar-refractivity contribution in [2.75, 3.05) is 17.8 Å². The minimum absolute atomic E-state index is 0.123. The second kappa shape index (κ2) is 8.74. The van der Waals surface area contributed by atoms with Crippen molar-refractivity contribution in [2.45, 2.75) is 44.4 Å². The average Bonchev–Trinajstić information content (AvgIpc) is 3.21. The minimum atomic E-state index is -3.84. The van der Waals surface area contributed by atoms with Gasteiger partial charge in [0.2, 0.25) is 5.89 Å². The molecule has 1 N–H and O–H groups in total. The molecule has 8 nitrogen and oxygen atoms in total. The van der Waals surface area contributed by atoms with Crippen molar-refractivity contribution in [2.24, 2.45) is 0 Å². The summed E-state index contributed by atoms with van der Waals surface area (Å²) in [5.41, 5.74) is 2.09. The number of aromatic nitrogens is 2. The van der Waals surface area contributed by atoms with E-state index >= 15 is 0 Å². The fourth-order valence-electron chi connectivity index (χ4n) is 3.93. The number of nitrogens with zero attached hydrogens (tertiary/aromatic N) is 3. The number of hydrogen-bond donors (Lipinski definition) is 1. The summed E-state index contributed by atoms with van der Waals surface area (Å²) in [7, 11) is -3.84. The number of amides is 1. The Labute approximate surface area is 187 Å². The molecular weight excluding hydrogens is 428 g/mol. The zero-order valence-electron chi connectivity index (χ0n) is 18.3. The van der Waals surface area contributed by atoms with Gasteiger partial charge in [0.15, 0.2) is 5.82 Å². The van der Waals surface area contributed by atoms with Crippen LogP contribution in [0.25, 0.3) is 0 Å². The van der Waals surface area contributed by atoms with E-state index in [1.165, 1.54) is 0 Å². The van der Waals surface area contributed by atoms with Gasteiger partial charge in [0.05, 0.1) is 16.1 Å². The van der Waals surface area contributed by atoms with Crippen LogP contribution in [0.15, 0.2) is 51.9 Å². The molecule has 32 heavy (non-hydrogen) atoms. The average molecular weight is 455 g/mol. The van der Waals surface area contributed by atoms with Crippen LogP contribution in [0, 0.1) is 20.8 Å². The molecule has 2 heterocycles. The van der Waals surface area contributed by atoms with Crippen LogP contribution in [0.1, 0.15) is 52.0 Å². The van der Waals surface area contributed by atoms with E-state index in [9.17, 15) is 13.2 Å². The topological polar surface area (TPSA) is 105 Å². The first kappa shape index (κ1) is 22.0. The Morgan fingerprint density at radius 2 is 1.81 bits per heavy atom. The van der Waals surface area contributed by atoms with Crippen LogP contribution >= 0.6 is 0 Å².